The van der Waals surface area contributed by atoms with Crippen LogP contribution >= 0.6 is 46.4 Å². The van der Waals surface area contributed by atoms with Crippen LogP contribution in [0.15, 0.2) is 60.7 Å². The van der Waals surface area contributed by atoms with Crippen molar-refractivity contribution >= 4 is 86.4 Å². The Labute approximate surface area is 219 Å². The van der Waals surface area contributed by atoms with Gasteiger partial charge in [0.15, 0.2) is 0 Å². The maximum Gasteiger partial charge on any atom is 0.328 e. The van der Waals surface area contributed by atoms with E-state index in [1.54, 1.807) is 55.5 Å². The van der Waals surface area contributed by atoms with Crippen LogP contribution in [0.1, 0.15) is 16.1 Å². The van der Waals surface area contributed by atoms with Crippen molar-refractivity contribution in [2.24, 2.45) is 0 Å². The molecule has 3 N–H and O–H groups in total. The van der Waals surface area contributed by atoms with Crippen LogP contribution in [-0.2, 0) is 9.59 Å². The summed E-state index contributed by atoms with van der Waals surface area (Å²) in [5.74, 6) is -2.51. The molecule has 35 heavy (non-hydrogen) atoms. The van der Waals surface area contributed by atoms with Gasteiger partial charge >= 0.3 is 11.8 Å². The number of benzene rings is 3. The summed E-state index contributed by atoms with van der Waals surface area (Å²) in [6.45, 7) is 1.71. The molecule has 0 saturated carbocycles. The van der Waals surface area contributed by atoms with Crippen molar-refractivity contribution < 1.29 is 14.4 Å². The summed E-state index contributed by atoms with van der Waals surface area (Å²) < 4.78 is 1.21. The summed E-state index contributed by atoms with van der Waals surface area (Å²) in [7, 11) is 0. The van der Waals surface area contributed by atoms with Gasteiger partial charge < -0.3 is 10.6 Å². The smallest absolute Gasteiger partial charge is 0.321 e. The summed E-state index contributed by atoms with van der Waals surface area (Å²) >= 11 is 24.2. The number of fused-ring (bicyclic) bond motifs is 1. The van der Waals surface area contributed by atoms with Crippen molar-refractivity contribution in [3.8, 4) is 0 Å². The van der Waals surface area contributed by atoms with E-state index >= 15 is 0 Å². The molecule has 0 radical (unpaired) electrons. The van der Waals surface area contributed by atoms with E-state index in [9.17, 15) is 14.4 Å². The molecule has 1 heterocycles. The molecule has 1 aromatic heterocycles. The van der Waals surface area contributed by atoms with Crippen LogP contribution in [0.3, 0.4) is 0 Å². The zero-order valence-corrected chi connectivity index (χ0v) is 21.0. The van der Waals surface area contributed by atoms with Gasteiger partial charge in [0.1, 0.15) is 5.69 Å². The lowest BCUT2D eigenvalue weighted by Gasteiger charge is -2.14. The fourth-order valence-corrected chi connectivity index (χ4v) is 3.97. The molecule has 0 aliphatic rings. The van der Waals surface area contributed by atoms with Gasteiger partial charge in [0, 0.05) is 26.8 Å². The molecule has 3 aromatic carbocycles. The fraction of sp³-hybridized carbons (Fsp3) is 0.0417. The van der Waals surface area contributed by atoms with E-state index < -0.39 is 17.7 Å². The zero-order valence-electron chi connectivity index (χ0n) is 18.0. The summed E-state index contributed by atoms with van der Waals surface area (Å²) in [4.78, 5) is 38.5. The molecule has 3 amide bonds. The first kappa shape index (κ1) is 24.9. The van der Waals surface area contributed by atoms with E-state index in [0.717, 1.165) is 0 Å². The second-order valence-corrected chi connectivity index (χ2v) is 9.12. The number of amides is 3. The molecule has 178 valence electrons. The van der Waals surface area contributed by atoms with Gasteiger partial charge in [0.05, 0.1) is 15.6 Å². The molecule has 0 spiro atoms. The molecule has 0 aliphatic heterocycles. The number of hydrogen-bond donors (Lipinski definition) is 3. The molecular formula is C24H16Cl4N4O3. The molecule has 0 unspecified atom stereocenters. The second-order valence-electron chi connectivity index (χ2n) is 7.46. The van der Waals surface area contributed by atoms with Gasteiger partial charge in [-0.25, -0.2) is 4.68 Å². The van der Waals surface area contributed by atoms with Crippen LogP contribution in [-0.4, -0.2) is 22.4 Å². The molecule has 4 aromatic rings. The summed E-state index contributed by atoms with van der Waals surface area (Å²) in [5.41, 5.74) is 4.36. The summed E-state index contributed by atoms with van der Waals surface area (Å²) in [5, 5.41) is 7.27. The molecule has 0 bridgehead atoms. The van der Waals surface area contributed by atoms with Crippen LogP contribution in [0.2, 0.25) is 20.1 Å². The predicted molar refractivity (Wildman–Crippen MR) is 141 cm³/mol. The Morgan fingerprint density at radius 1 is 0.771 bits per heavy atom. The van der Waals surface area contributed by atoms with E-state index in [1.165, 1.54) is 16.8 Å². The maximum atomic E-state index is 13.1. The van der Waals surface area contributed by atoms with Gasteiger partial charge in [-0.1, -0.05) is 52.5 Å². The number of carbonyl (C=O) groups excluding carboxylic acids is 3. The van der Waals surface area contributed by atoms with Gasteiger partial charge in [-0.05, 0) is 67.1 Å². The highest BCUT2D eigenvalue weighted by Crippen LogP contribution is 2.27. The summed E-state index contributed by atoms with van der Waals surface area (Å²) in [6, 6.07) is 15.9. The standard InChI is InChI=1S/C24H16Cl4N4O3/c1-12-16(26)3-2-4-19(12)30-23(34)24(35)31-32-20-8-5-14(25)9-13(20)10-21(32)22(33)29-15-6-7-17(27)18(28)11-15/h2-11H,1H3,(H,29,33)(H,30,34)(H,31,35). The minimum absolute atomic E-state index is 0.0495. The Balaban J connectivity index is 1.64. The third-order valence-electron chi connectivity index (χ3n) is 5.11. The van der Waals surface area contributed by atoms with E-state index in [1.807, 2.05) is 0 Å². The third kappa shape index (κ3) is 5.39. The van der Waals surface area contributed by atoms with Crippen LogP contribution in [0.5, 0.6) is 0 Å². The van der Waals surface area contributed by atoms with Gasteiger partial charge in [0.25, 0.3) is 5.91 Å². The van der Waals surface area contributed by atoms with Crippen LogP contribution < -0.4 is 16.1 Å². The zero-order chi connectivity index (χ0) is 25.3. The number of halogens is 4. The first-order chi connectivity index (χ1) is 16.6. The molecule has 7 nitrogen and oxygen atoms in total. The molecule has 11 heteroatoms. The first-order valence-electron chi connectivity index (χ1n) is 10.1. The van der Waals surface area contributed by atoms with Crippen molar-refractivity contribution in [3.63, 3.8) is 0 Å². The molecule has 0 saturated heterocycles. The minimum atomic E-state index is -1.000. The van der Waals surface area contributed by atoms with E-state index in [4.69, 9.17) is 46.4 Å². The van der Waals surface area contributed by atoms with Gasteiger partial charge in [-0.2, -0.15) is 0 Å². The largest absolute Gasteiger partial charge is 0.328 e. The number of aromatic nitrogens is 1. The Hall–Kier alpha value is -3.23. The molecule has 0 aliphatic carbocycles. The lowest BCUT2D eigenvalue weighted by molar-refractivity contribution is -0.133. The third-order valence-corrected chi connectivity index (χ3v) is 6.49. The Morgan fingerprint density at radius 2 is 1.54 bits per heavy atom. The van der Waals surface area contributed by atoms with Crippen LogP contribution in [0, 0.1) is 6.92 Å². The number of carbonyl (C=O) groups is 3. The van der Waals surface area contributed by atoms with Crippen molar-refractivity contribution in [1.82, 2.24) is 4.68 Å². The molecular weight excluding hydrogens is 534 g/mol. The lowest BCUT2D eigenvalue weighted by Crippen LogP contribution is -2.36. The minimum Gasteiger partial charge on any atom is -0.321 e. The van der Waals surface area contributed by atoms with E-state index in [-0.39, 0.29) is 10.7 Å². The lowest BCUT2D eigenvalue weighted by atomic mass is 10.2. The van der Waals surface area contributed by atoms with Crippen LogP contribution in [0.4, 0.5) is 11.4 Å². The quantitative estimate of drug-likeness (QED) is 0.253. The predicted octanol–water partition coefficient (Wildman–Crippen LogP) is 6.52. The Bertz CT molecular complexity index is 1500. The monoisotopic (exact) mass is 548 g/mol. The number of hydrogen-bond acceptors (Lipinski definition) is 3. The topological polar surface area (TPSA) is 92.2 Å². The SMILES string of the molecule is Cc1c(Cl)cccc1NC(=O)C(=O)Nn1c(C(=O)Nc2ccc(Cl)c(Cl)c2)cc2cc(Cl)ccc21. The van der Waals surface area contributed by atoms with Gasteiger partial charge in [0.2, 0.25) is 0 Å². The van der Waals surface area contributed by atoms with E-state index in [0.29, 0.717) is 42.9 Å². The summed E-state index contributed by atoms with van der Waals surface area (Å²) in [6.07, 6.45) is 0. The normalized spacial score (nSPS) is 10.8. The fourth-order valence-electron chi connectivity index (χ4n) is 3.32. The number of anilines is 2. The van der Waals surface area contributed by atoms with Gasteiger partial charge in [-0.15, -0.1) is 0 Å². The highest BCUT2D eigenvalue weighted by molar-refractivity contribution is 6.43. The average molecular weight is 550 g/mol. The van der Waals surface area contributed by atoms with Crippen molar-refractivity contribution in [2.75, 3.05) is 16.1 Å². The van der Waals surface area contributed by atoms with Crippen molar-refractivity contribution in [1.29, 1.82) is 0 Å². The number of nitrogens with zero attached hydrogens (tertiary/aromatic N) is 1. The highest BCUT2D eigenvalue weighted by Gasteiger charge is 2.22. The molecule has 4 rings (SSSR count). The van der Waals surface area contributed by atoms with Crippen molar-refractivity contribution in [3.05, 3.63) is 92.0 Å². The second kappa shape index (κ2) is 10.2. The molecule has 0 atom stereocenters. The Kier molecular flexibility index (Phi) is 7.23. The number of rotatable bonds is 4. The maximum absolute atomic E-state index is 13.1. The Morgan fingerprint density at radius 3 is 2.29 bits per heavy atom. The first-order valence-corrected chi connectivity index (χ1v) is 11.6. The molecule has 0 fully saturated rings. The average Bonchev–Trinajstić information content (AvgIpc) is 3.16. The van der Waals surface area contributed by atoms with E-state index in [2.05, 4.69) is 16.1 Å². The highest BCUT2D eigenvalue weighted by atomic mass is 35.5. The van der Waals surface area contributed by atoms with Crippen LogP contribution in [0.25, 0.3) is 10.9 Å². The number of nitrogens with one attached hydrogen (secondary N) is 3. The van der Waals surface area contributed by atoms with Crippen molar-refractivity contribution in [2.45, 2.75) is 6.92 Å². The van der Waals surface area contributed by atoms with Gasteiger partial charge in [-0.3, -0.25) is 19.8 Å².